The average Bonchev–Trinajstić information content (AvgIpc) is 3.32. The molecule has 0 saturated carbocycles. The van der Waals surface area contributed by atoms with Crippen LogP contribution in [0.3, 0.4) is 0 Å². The number of rotatable bonds is 17. The largest absolute Gasteiger partial charge is 0.501 e. The third kappa shape index (κ3) is 11.9. The van der Waals surface area contributed by atoms with Gasteiger partial charge in [-0.1, -0.05) is 66.2 Å². The molecule has 1 amide bonds. The van der Waals surface area contributed by atoms with Crippen LogP contribution in [-0.2, 0) is 24.6 Å². The van der Waals surface area contributed by atoms with Crippen LogP contribution in [-0.4, -0.2) is 107 Å². The number of anilines is 2. The highest BCUT2D eigenvalue weighted by Crippen LogP contribution is 2.39. The van der Waals surface area contributed by atoms with Crippen molar-refractivity contribution >= 4 is 60.5 Å². The maximum Gasteiger partial charge on any atom is 0.501 e. The van der Waals surface area contributed by atoms with Crippen LogP contribution in [0.25, 0.3) is 11.1 Å². The normalized spacial score (nSPS) is 17.5. The molecule has 0 bridgehead atoms. The molecule has 2 unspecified atom stereocenters. The molecule has 4 N–H and O–H groups in total. The second-order valence-corrected chi connectivity index (χ2v) is 21.3. The number of ether oxygens (including phenoxy) is 1. The minimum Gasteiger partial charge on any atom is -0.395 e. The Morgan fingerprint density at radius 1 is 0.879 bits per heavy atom. The van der Waals surface area contributed by atoms with Gasteiger partial charge in [0, 0.05) is 59.1 Å². The van der Waals surface area contributed by atoms with E-state index < -0.39 is 58.9 Å². The molecule has 0 radical (unpaired) electrons. The number of hydrogen-bond donors (Lipinski definition) is 4. The number of hydrogen-bond acceptors (Lipinski definition) is 12. The van der Waals surface area contributed by atoms with Gasteiger partial charge >= 0.3 is 5.51 Å². The van der Waals surface area contributed by atoms with Crippen molar-refractivity contribution in [2.24, 2.45) is 5.92 Å². The first-order valence-corrected chi connectivity index (χ1v) is 25.6. The quantitative estimate of drug-likeness (QED) is 0.0665. The van der Waals surface area contributed by atoms with Crippen molar-refractivity contribution in [3.05, 3.63) is 137 Å². The Morgan fingerprint density at radius 2 is 1.56 bits per heavy atom. The maximum absolute atomic E-state index is 14.2. The summed E-state index contributed by atoms with van der Waals surface area (Å²) in [4.78, 5) is 16.1. The summed E-state index contributed by atoms with van der Waals surface area (Å²) in [6.45, 7) is 2.66. The summed E-state index contributed by atoms with van der Waals surface area (Å²) < 4.78 is 103. The minimum absolute atomic E-state index is 0.0256. The average molecular weight is 988 g/mol. The smallest absolute Gasteiger partial charge is 0.395 e. The number of nitrogens with zero attached hydrogens (tertiary/aromatic N) is 2. The molecule has 7 rings (SSSR count). The second kappa shape index (κ2) is 21.5. The first-order chi connectivity index (χ1) is 31.5. The molecule has 2 saturated heterocycles. The summed E-state index contributed by atoms with van der Waals surface area (Å²) in [5.74, 6) is -0.810. The van der Waals surface area contributed by atoms with E-state index >= 15 is 0 Å². The van der Waals surface area contributed by atoms with E-state index in [0.29, 0.717) is 75.5 Å². The topological polar surface area (TPSA) is 166 Å². The van der Waals surface area contributed by atoms with Gasteiger partial charge < -0.3 is 25.2 Å². The SMILES string of the molecule is O=C(NS(=O)(=O)c1ccc(NC(CCN2CCOCC2CO)CSc2ccccc2)c(S(=O)(=O)C(F)(F)F)c1)c1ccc(N2CCC([C@@H](O)c3ccccc3-c3ccc(Cl)cc3)CC2)cc1. The first-order valence-electron chi connectivity index (χ1n) is 21.3. The van der Waals surface area contributed by atoms with Gasteiger partial charge in [0.05, 0.1) is 42.5 Å². The van der Waals surface area contributed by atoms with E-state index in [1.165, 1.54) is 23.9 Å². The van der Waals surface area contributed by atoms with E-state index in [4.69, 9.17) is 16.3 Å². The molecule has 12 nitrogen and oxygen atoms in total. The molecule has 2 aliphatic heterocycles. The van der Waals surface area contributed by atoms with Crippen LogP contribution in [0.15, 0.2) is 136 Å². The van der Waals surface area contributed by atoms with Crippen molar-refractivity contribution in [3.8, 4) is 11.1 Å². The van der Waals surface area contributed by atoms with Gasteiger partial charge in [0.2, 0.25) is 0 Å². The van der Waals surface area contributed by atoms with Gasteiger partial charge in [0.15, 0.2) is 0 Å². The number of benzene rings is 5. The second-order valence-electron chi connectivity index (χ2n) is 16.2. The van der Waals surface area contributed by atoms with Gasteiger partial charge in [-0.2, -0.15) is 13.2 Å². The Kier molecular flexibility index (Phi) is 16.1. The number of carbonyl (C=O) groups excluding carboxylic acids is 1. The first kappa shape index (κ1) is 49.3. The van der Waals surface area contributed by atoms with Crippen molar-refractivity contribution in [2.45, 2.75) is 57.6 Å². The minimum atomic E-state index is -6.11. The van der Waals surface area contributed by atoms with Crippen LogP contribution in [0.4, 0.5) is 24.5 Å². The predicted molar refractivity (Wildman–Crippen MR) is 250 cm³/mol. The highest BCUT2D eigenvalue weighted by Gasteiger charge is 2.48. The zero-order chi connectivity index (χ0) is 47.1. The highest BCUT2D eigenvalue weighted by molar-refractivity contribution is 7.99. The fourth-order valence-electron chi connectivity index (χ4n) is 8.18. The Bertz CT molecular complexity index is 2660. The summed E-state index contributed by atoms with van der Waals surface area (Å²) in [5, 5.41) is 24.9. The van der Waals surface area contributed by atoms with Crippen molar-refractivity contribution in [3.63, 3.8) is 0 Å². The Balaban J connectivity index is 1.03. The van der Waals surface area contributed by atoms with E-state index in [1.807, 2.05) is 88.5 Å². The molecule has 2 fully saturated rings. The molecular formula is C47H50ClF3N4O8S3. The number of thioether (sulfide) groups is 1. The molecule has 352 valence electrons. The number of halogens is 4. The van der Waals surface area contributed by atoms with Crippen molar-refractivity contribution in [1.29, 1.82) is 0 Å². The zero-order valence-electron chi connectivity index (χ0n) is 35.6. The highest BCUT2D eigenvalue weighted by atomic mass is 35.5. The van der Waals surface area contributed by atoms with E-state index in [9.17, 15) is 45.0 Å². The molecule has 2 aliphatic rings. The maximum atomic E-state index is 14.2. The fraction of sp³-hybridized carbons (Fsp3) is 0.340. The number of carbonyl (C=O) groups is 1. The van der Waals surface area contributed by atoms with E-state index in [0.717, 1.165) is 39.4 Å². The Hall–Kier alpha value is -4.66. The molecule has 5 aromatic rings. The Morgan fingerprint density at radius 3 is 2.24 bits per heavy atom. The van der Waals surface area contributed by atoms with Crippen LogP contribution < -0.4 is 14.9 Å². The van der Waals surface area contributed by atoms with Crippen molar-refractivity contribution < 1.29 is 49.8 Å². The molecule has 19 heteroatoms. The summed E-state index contributed by atoms with van der Waals surface area (Å²) in [5.41, 5.74) is -2.86. The Labute approximate surface area is 392 Å². The molecule has 0 spiro atoms. The molecule has 0 aromatic heterocycles. The summed E-state index contributed by atoms with van der Waals surface area (Å²) in [6.07, 6.45) is 0.948. The molecule has 66 heavy (non-hydrogen) atoms. The molecule has 0 aliphatic carbocycles. The number of aliphatic hydroxyl groups is 2. The third-order valence-corrected chi connectivity index (χ3v) is 16.2. The van der Waals surface area contributed by atoms with Gasteiger partial charge in [-0.15, -0.1) is 11.8 Å². The van der Waals surface area contributed by atoms with Crippen LogP contribution >= 0.6 is 23.4 Å². The van der Waals surface area contributed by atoms with Gasteiger partial charge in [-0.25, -0.2) is 21.6 Å². The number of morpholine rings is 1. The van der Waals surface area contributed by atoms with E-state index in [2.05, 4.69) is 10.2 Å². The lowest BCUT2D eigenvalue weighted by Gasteiger charge is -2.36. The summed E-state index contributed by atoms with van der Waals surface area (Å²) >= 11 is 7.49. The number of sulfone groups is 1. The van der Waals surface area contributed by atoms with E-state index in [1.54, 1.807) is 12.1 Å². The van der Waals surface area contributed by atoms with Crippen LogP contribution in [0.2, 0.25) is 5.02 Å². The number of amides is 1. The number of sulfonamides is 1. The van der Waals surface area contributed by atoms with Crippen LogP contribution in [0.1, 0.15) is 41.3 Å². The standard InChI is InChI=1S/C47H50ClF3N4O8S3/c48-35-14-10-32(11-15-35)41-8-4-5-9-42(41)45(57)33-20-23-54(24-21-33)37-16-12-34(13-17-37)46(58)53-66(61,62)40-18-19-43(44(28-40)65(59,60)47(49,50)51)52-36(31-64-39-6-2-1-3-7-39)22-25-55-26-27-63-30-38(55)29-56/h1-19,28,33,36,38,45,52,56-57H,20-27,29-31H2,(H,53,58)/t36?,38?,45-/m1/s1. The van der Waals surface area contributed by atoms with Gasteiger partial charge in [-0.05, 0) is 109 Å². The predicted octanol–water partition coefficient (Wildman–Crippen LogP) is 8.03. The fourth-order valence-corrected chi connectivity index (χ4v) is 11.3. The lowest BCUT2D eigenvalue weighted by molar-refractivity contribution is -0.0435. The lowest BCUT2D eigenvalue weighted by atomic mass is 9.84. The molecular weight excluding hydrogens is 937 g/mol. The van der Waals surface area contributed by atoms with Crippen molar-refractivity contribution in [1.82, 2.24) is 9.62 Å². The van der Waals surface area contributed by atoms with Gasteiger partial charge in [-0.3, -0.25) is 9.69 Å². The third-order valence-electron chi connectivity index (χ3n) is 11.9. The van der Waals surface area contributed by atoms with Crippen molar-refractivity contribution in [2.75, 3.05) is 62.0 Å². The summed E-state index contributed by atoms with van der Waals surface area (Å²) in [6, 6.07) is 31.9. The van der Waals surface area contributed by atoms with Crippen LogP contribution in [0, 0.1) is 5.92 Å². The summed E-state index contributed by atoms with van der Waals surface area (Å²) in [7, 11) is -11.0. The monoisotopic (exact) mass is 986 g/mol. The number of aliphatic hydroxyl groups excluding tert-OH is 2. The van der Waals surface area contributed by atoms with Gasteiger partial charge in [0.1, 0.15) is 4.90 Å². The molecule has 5 aromatic carbocycles. The number of alkyl halides is 3. The molecule has 3 atom stereocenters. The van der Waals surface area contributed by atoms with Gasteiger partial charge in [0.25, 0.3) is 25.8 Å². The zero-order valence-corrected chi connectivity index (χ0v) is 38.8. The molecule has 2 heterocycles. The number of nitrogens with one attached hydrogen (secondary N) is 2. The number of piperidine rings is 1. The van der Waals surface area contributed by atoms with E-state index in [-0.39, 0.29) is 24.1 Å². The van der Waals surface area contributed by atoms with Crippen LogP contribution in [0.5, 0.6) is 0 Å². The lowest BCUT2D eigenvalue weighted by Crippen LogP contribution is -2.48.